The molecule has 0 bridgehead atoms. The number of hydrogen-bond acceptors (Lipinski definition) is 2. The van der Waals surface area contributed by atoms with Gasteiger partial charge < -0.3 is 4.57 Å². The molecule has 100 valence electrons. The van der Waals surface area contributed by atoms with E-state index in [1.807, 2.05) is 12.3 Å². The molecule has 1 aromatic carbocycles. The normalized spacial score (nSPS) is 14.9. The Balaban J connectivity index is 2.01. The second-order valence-corrected chi connectivity index (χ2v) is 6.89. The molecule has 1 aliphatic rings. The first-order chi connectivity index (χ1) is 9.72. The van der Waals surface area contributed by atoms with Gasteiger partial charge in [-0.15, -0.1) is 0 Å². The number of hydrogen-bond donors (Lipinski definition) is 0. The van der Waals surface area contributed by atoms with E-state index in [9.17, 15) is 0 Å². The summed E-state index contributed by atoms with van der Waals surface area (Å²) in [6, 6.07) is 8.89. The molecule has 4 rings (SSSR count). The van der Waals surface area contributed by atoms with Crippen LogP contribution in [-0.4, -0.2) is 14.5 Å². The largest absolute Gasteiger partial charge is 0.321 e. The molecule has 0 amide bonds. The molecule has 0 N–H and O–H groups in total. The molecule has 3 nitrogen and oxygen atoms in total. The van der Waals surface area contributed by atoms with Crippen LogP contribution < -0.4 is 0 Å². The zero-order chi connectivity index (χ0) is 13.7. The maximum Gasteiger partial charge on any atom is 0.142 e. The molecule has 1 fully saturated rings. The van der Waals surface area contributed by atoms with Gasteiger partial charge in [0.1, 0.15) is 5.82 Å². The van der Waals surface area contributed by atoms with E-state index in [2.05, 4.69) is 59.6 Å². The zero-order valence-electron chi connectivity index (χ0n) is 10.6. The lowest BCUT2D eigenvalue weighted by molar-refractivity contribution is 0.774. The van der Waals surface area contributed by atoms with E-state index in [0.717, 1.165) is 25.8 Å². The van der Waals surface area contributed by atoms with E-state index >= 15 is 0 Å². The Morgan fingerprint density at radius 2 is 1.90 bits per heavy atom. The summed E-state index contributed by atoms with van der Waals surface area (Å²) >= 11 is 7.04. The van der Waals surface area contributed by atoms with Crippen molar-refractivity contribution in [3.8, 4) is 11.4 Å². The molecular formula is C15H11Br2N3. The minimum absolute atomic E-state index is 0.572. The van der Waals surface area contributed by atoms with Crippen LogP contribution in [-0.2, 0) is 0 Å². The Morgan fingerprint density at radius 3 is 2.65 bits per heavy atom. The number of pyridine rings is 1. The van der Waals surface area contributed by atoms with Crippen molar-refractivity contribution in [3.63, 3.8) is 0 Å². The van der Waals surface area contributed by atoms with Gasteiger partial charge in [0.15, 0.2) is 0 Å². The van der Waals surface area contributed by atoms with Crippen molar-refractivity contribution in [3.05, 3.63) is 45.6 Å². The molecule has 0 radical (unpaired) electrons. The van der Waals surface area contributed by atoms with Gasteiger partial charge in [0.2, 0.25) is 0 Å². The van der Waals surface area contributed by atoms with Crippen molar-refractivity contribution in [2.24, 2.45) is 0 Å². The highest BCUT2D eigenvalue weighted by Crippen LogP contribution is 2.41. The fourth-order valence-corrected chi connectivity index (χ4v) is 3.22. The molecule has 20 heavy (non-hydrogen) atoms. The van der Waals surface area contributed by atoms with E-state index < -0.39 is 0 Å². The first-order valence-corrected chi connectivity index (χ1v) is 8.09. The van der Waals surface area contributed by atoms with Crippen LogP contribution in [0.4, 0.5) is 0 Å². The lowest BCUT2D eigenvalue weighted by Crippen LogP contribution is -1.97. The van der Waals surface area contributed by atoms with Gasteiger partial charge in [0, 0.05) is 32.9 Å². The topological polar surface area (TPSA) is 30.7 Å². The number of aromatic nitrogens is 3. The van der Waals surface area contributed by atoms with E-state index in [1.54, 1.807) is 6.20 Å². The molecule has 5 heteroatoms. The maximum absolute atomic E-state index is 4.81. The Hall–Kier alpha value is -1.20. The highest BCUT2D eigenvalue weighted by molar-refractivity contribution is 9.10. The van der Waals surface area contributed by atoms with Gasteiger partial charge in [-0.3, -0.25) is 4.98 Å². The minimum atomic E-state index is 0.572. The number of rotatable bonds is 2. The van der Waals surface area contributed by atoms with Crippen LogP contribution in [0.15, 0.2) is 45.6 Å². The summed E-state index contributed by atoms with van der Waals surface area (Å²) in [5, 5.41) is 0. The fraction of sp³-hybridized carbons (Fsp3) is 0.200. The smallest absolute Gasteiger partial charge is 0.142 e. The summed E-state index contributed by atoms with van der Waals surface area (Å²) in [5.41, 5.74) is 3.28. The fourth-order valence-electron chi connectivity index (χ4n) is 2.51. The van der Waals surface area contributed by atoms with E-state index in [-0.39, 0.29) is 0 Å². The average Bonchev–Trinajstić information content (AvgIpc) is 3.19. The Kier molecular flexibility index (Phi) is 2.93. The highest BCUT2D eigenvalue weighted by Gasteiger charge is 2.28. The first kappa shape index (κ1) is 12.5. The third kappa shape index (κ3) is 2.09. The van der Waals surface area contributed by atoms with E-state index in [4.69, 9.17) is 4.98 Å². The number of benzene rings is 1. The van der Waals surface area contributed by atoms with Gasteiger partial charge in [0.25, 0.3) is 0 Å². The number of fused-ring (bicyclic) bond motifs is 1. The Bertz CT molecular complexity index is 806. The van der Waals surface area contributed by atoms with Crippen molar-refractivity contribution in [2.45, 2.75) is 18.9 Å². The van der Waals surface area contributed by atoms with Crippen LogP contribution in [0.25, 0.3) is 22.4 Å². The predicted molar refractivity (Wildman–Crippen MR) is 86.6 cm³/mol. The molecule has 0 atom stereocenters. The number of nitrogens with zero attached hydrogens (tertiary/aromatic N) is 3. The molecule has 3 aromatic rings. The molecule has 1 saturated carbocycles. The summed E-state index contributed by atoms with van der Waals surface area (Å²) in [7, 11) is 0. The van der Waals surface area contributed by atoms with Crippen molar-refractivity contribution in [1.82, 2.24) is 14.5 Å². The van der Waals surface area contributed by atoms with Crippen molar-refractivity contribution in [1.29, 1.82) is 0 Å². The van der Waals surface area contributed by atoms with Gasteiger partial charge in [-0.05, 0) is 53.0 Å². The molecule has 0 saturated heterocycles. The van der Waals surface area contributed by atoms with Gasteiger partial charge in [-0.25, -0.2) is 4.98 Å². The van der Waals surface area contributed by atoms with Crippen LogP contribution in [0.2, 0.25) is 0 Å². The third-order valence-corrected chi connectivity index (χ3v) is 4.45. The standard InChI is InChI=1S/C15H11Br2N3/c16-10-1-4-13-14(6-10)20(12-2-3-12)15(19-13)9-5-11(17)8-18-7-9/h1,4-8,12H,2-3H2. The van der Waals surface area contributed by atoms with Crippen LogP contribution >= 0.6 is 31.9 Å². The zero-order valence-corrected chi connectivity index (χ0v) is 13.7. The molecule has 1 aliphatic carbocycles. The van der Waals surface area contributed by atoms with E-state index in [1.165, 1.54) is 18.4 Å². The van der Waals surface area contributed by atoms with Gasteiger partial charge in [0.05, 0.1) is 11.0 Å². The molecule has 0 spiro atoms. The molecule has 0 aliphatic heterocycles. The number of halogens is 2. The van der Waals surface area contributed by atoms with Gasteiger partial charge >= 0.3 is 0 Å². The highest BCUT2D eigenvalue weighted by atomic mass is 79.9. The summed E-state index contributed by atoms with van der Waals surface area (Å²) in [6.45, 7) is 0. The van der Waals surface area contributed by atoms with Gasteiger partial charge in [-0.2, -0.15) is 0 Å². The average molecular weight is 393 g/mol. The van der Waals surface area contributed by atoms with Crippen molar-refractivity contribution in [2.75, 3.05) is 0 Å². The van der Waals surface area contributed by atoms with Crippen molar-refractivity contribution < 1.29 is 0 Å². The van der Waals surface area contributed by atoms with E-state index in [0.29, 0.717) is 6.04 Å². The molecule has 2 heterocycles. The maximum atomic E-state index is 4.81. The summed E-state index contributed by atoms with van der Waals surface area (Å²) in [4.78, 5) is 9.07. The van der Waals surface area contributed by atoms with Gasteiger partial charge in [-0.1, -0.05) is 15.9 Å². The second kappa shape index (κ2) is 4.67. The first-order valence-electron chi connectivity index (χ1n) is 6.51. The molecular weight excluding hydrogens is 382 g/mol. The second-order valence-electron chi connectivity index (χ2n) is 5.06. The third-order valence-electron chi connectivity index (χ3n) is 3.53. The van der Waals surface area contributed by atoms with Crippen LogP contribution in [0, 0.1) is 0 Å². The van der Waals surface area contributed by atoms with Crippen LogP contribution in [0.5, 0.6) is 0 Å². The van der Waals surface area contributed by atoms with Crippen LogP contribution in [0.3, 0.4) is 0 Å². The summed E-state index contributed by atoms with van der Waals surface area (Å²) < 4.78 is 4.42. The number of imidazole rings is 1. The lowest BCUT2D eigenvalue weighted by Gasteiger charge is -2.07. The minimum Gasteiger partial charge on any atom is -0.321 e. The predicted octanol–water partition coefficient (Wildman–Crippen LogP) is 4.96. The van der Waals surface area contributed by atoms with Crippen molar-refractivity contribution >= 4 is 42.9 Å². The van der Waals surface area contributed by atoms with Crippen LogP contribution in [0.1, 0.15) is 18.9 Å². The summed E-state index contributed by atoms with van der Waals surface area (Å²) in [6.07, 6.45) is 6.13. The SMILES string of the molecule is Brc1cncc(-c2nc3ccc(Br)cc3n2C2CC2)c1. The molecule has 2 aromatic heterocycles. The lowest BCUT2D eigenvalue weighted by atomic mass is 10.2. The Morgan fingerprint density at radius 1 is 1.05 bits per heavy atom. The Labute approximate surface area is 133 Å². The quantitative estimate of drug-likeness (QED) is 0.617. The molecule has 0 unspecified atom stereocenters. The monoisotopic (exact) mass is 391 g/mol. The summed E-state index contributed by atoms with van der Waals surface area (Å²) in [5.74, 6) is 1.01.